The van der Waals surface area contributed by atoms with E-state index in [4.69, 9.17) is 27.9 Å². The van der Waals surface area contributed by atoms with Crippen molar-refractivity contribution in [2.24, 2.45) is 0 Å². The van der Waals surface area contributed by atoms with Crippen molar-refractivity contribution in [1.82, 2.24) is 0 Å². The highest BCUT2D eigenvalue weighted by atomic mass is 35.5. The summed E-state index contributed by atoms with van der Waals surface area (Å²) in [6.07, 6.45) is 0.839. The van der Waals surface area contributed by atoms with Crippen LogP contribution in [0.25, 0.3) is 0 Å². The molecule has 19 heavy (non-hydrogen) atoms. The van der Waals surface area contributed by atoms with Crippen molar-refractivity contribution in [2.45, 2.75) is 12.5 Å². The van der Waals surface area contributed by atoms with Crippen molar-refractivity contribution in [3.63, 3.8) is 0 Å². The Morgan fingerprint density at radius 2 is 2.00 bits per heavy atom. The van der Waals surface area contributed by atoms with Crippen LogP contribution in [-0.2, 0) is 6.42 Å². The molecule has 1 unspecified atom stereocenters. The molecule has 0 aromatic heterocycles. The Morgan fingerprint density at radius 1 is 1.21 bits per heavy atom. The second-order valence-corrected chi connectivity index (χ2v) is 5.40. The number of ether oxygens (including phenoxy) is 1. The summed E-state index contributed by atoms with van der Waals surface area (Å²) >= 11 is 12.3. The predicted octanol–water partition coefficient (Wildman–Crippen LogP) is 4.71. The maximum Gasteiger partial charge on any atom is 0.124 e. The number of benzene rings is 2. The quantitative estimate of drug-likeness (QED) is 0.866. The molecule has 98 valence electrons. The molecule has 0 saturated carbocycles. The first-order valence-corrected chi connectivity index (χ1v) is 6.82. The molecule has 3 rings (SSSR count). The van der Waals surface area contributed by atoms with Crippen molar-refractivity contribution in [2.75, 3.05) is 12.4 Å². The van der Waals surface area contributed by atoms with Gasteiger partial charge in [0, 0.05) is 27.7 Å². The molecule has 1 aliphatic rings. The summed E-state index contributed by atoms with van der Waals surface area (Å²) < 4.78 is 5.41. The van der Waals surface area contributed by atoms with Crippen LogP contribution in [0.1, 0.15) is 17.2 Å². The smallest absolute Gasteiger partial charge is 0.124 e. The van der Waals surface area contributed by atoms with E-state index in [1.54, 1.807) is 13.2 Å². The van der Waals surface area contributed by atoms with E-state index in [1.807, 2.05) is 24.3 Å². The van der Waals surface area contributed by atoms with Gasteiger partial charge in [0.15, 0.2) is 0 Å². The summed E-state index contributed by atoms with van der Waals surface area (Å²) in [6, 6.07) is 11.9. The van der Waals surface area contributed by atoms with Gasteiger partial charge in [0.05, 0.1) is 13.2 Å². The van der Waals surface area contributed by atoms with Gasteiger partial charge in [-0.3, -0.25) is 0 Å². The molecule has 0 aliphatic carbocycles. The van der Waals surface area contributed by atoms with Crippen molar-refractivity contribution in [1.29, 1.82) is 0 Å². The standard InChI is InChI=1S/C15H13Cl2NO/c1-19-15-5-3-2-4-10(15)14-8-11-12(17)6-9(16)7-13(11)18-14/h2-7,14,18H,8H2,1H3. The molecule has 2 aromatic carbocycles. The van der Waals surface area contributed by atoms with Crippen LogP contribution >= 0.6 is 23.2 Å². The second kappa shape index (κ2) is 4.95. The summed E-state index contributed by atoms with van der Waals surface area (Å²) in [5.41, 5.74) is 3.25. The summed E-state index contributed by atoms with van der Waals surface area (Å²) in [7, 11) is 1.69. The van der Waals surface area contributed by atoms with Crippen LogP contribution in [0, 0.1) is 0 Å². The number of anilines is 1. The zero-order valence-electron chi connectivity index (χ0n) is 10.4. The first kappa shape index (κ1) is 12.6. The molecule has 0 radical (unpaired) electrons. The van der Waals surface area contributed by atoms with E-state index in [1.165, 1.54) is 0 Å². The molecule has 0 fully saturated rings. The third-order valence-electron chi connectivity index (χ3n) is 3.41. The van der Waals surface area contributed by atoms with Crippen LogP contribution in [0.3, 0.4) is 0 Å². The molecule has 2 aromatic rings. The Kier molecular flexibility index (Phi) is 3.29. The van der Waals surface area contributed by atoms with Crippen molar-refractivity contribution in [3.8, 4) is 5.75 Å². The van der Waals surface area contributed by atoms with Gasteiger partial charge >= 0.3 is 0 Å². The van der Waals surface area contributed by atoms with E-state index in [9.17, 15) is 0 Å². The molecular weight excluding hydrogens is 281 g/mol. The second-order valence-electron chi connectivity index (χ2n) is 4.56. The number of nitrogens with one attached hydrogen (secondary N) is 1. The highest BCUT2D eigenvalue weighted by molar-refractivity contribution is 6.35. The van der Waals surface area contributed by atoms with E-state index in [2.05, 4.69) is 11.4 Å². The minimum Gasteiger partial charge on any atom is -0.496 e. The number of halogens is 2. The Balaban J connectivity index is 1.98. The Hall–Kier alpha value is -1.38. The lowest BCUT2D eigenvalue weighted by molar-refractivity contribution is 0.407. The monoisotopic (exact) mass is 293 g/mol. The first-order chi connectivity index (χ1) is 9.19. The average Bonchev–Trinajstić information content (AvgIpc) is 2.82. The van der Waals surface area contributed by atoms with E-state index in [-0.39, 0.29) is 6.04 Å². The van der Waals surface area contributed by atoms with Gasteiger partial charge in [0.2, 0.25) is 0 Å². The molecule has 1 atom stereocenters. The molecule has 0 bridgehead atoms. The van der Waals surface area contributed by atoms with Crippen LogP contribution in [0.4, 0.5) is 5.69 Å². The largest absolute Gasteiger partial charge is 0.496 e. The van der Waals surface area contributed by atoms with Crippen LogP contribution < -0.4 is 10.1 Å². The normalized spacial score (nSPS) is 16.9. The lowest BCUT2D eigenvalue weighted by Gasteiger charge is -2.15. The number of hydrogen-bond acceptors (Lipinski definition) is 2. The third-order valence-corrected chi connectivity index (χ3v) is 3.97. The molecular formula is C15H13Cl2NO. The van der Waals surface area contributed by atoms with Gasteiger partial charge in [0.25, 0.3) is 0 Å². The first-order valence-electron chi connectivity index (χ1n) is 6.06. The van der Waals surface area contributed by atoms with E-state index < -0.39 is 0 Å². The minimum atomic E-state index is 0.169. The van der Waals surface area contributed by atoms with Gasteiger partial charge < -0.3 is 10.1 Å². The van der Waals surface area contributed by atoms with Crippen LogP contribution in [0.15, 0.2) is 36.4 Å². The number of methoxy groups -OCH3 is 1. The zero-order valence-corrected chi connectivity index (χ0v) is 11.9. The van der Waals surface area contributed by atoms with Crippen LogP contribution in [0.2, 0.25) is 10.0 Å². The molecule has 1 heterocycles. The van der Waals surface area contributed by atoms with Crippen LogP contribution in [0.5, 0.6) is 5.75 Å². The fourth-order valence-corrected chi connectivity index (χ4v) is 3.10. The third kappa shape index (κ3) is 2.26. The minimum absolute atomic E-state index is 0.169. The zero-order chi connectivity index (χ0) is 13.4. The van der Waals surface area contributed by atoms with E-state index >= 15 is 0 Å². The average molecular weight is 294 g/mol. The summed E-state index contributed by atoms with van der Waals surface area (Å²) in [4.78, 5) is 0. The highest BCUT2D eigenvalue weighted by Gasteiger charge is 2.26. The molecule has 4 heteroatoms. The molecule has 0 spiro atoms. The Bertz CT molecular complexity index is 628. The van der Waals surface area contributed by atoms with Crippen molar-refractivity contribution < 1.29 is 4.74 Å². The summed E-state index contributed by atoms with van der Waals surface area (Å²) in [5.74, 6) is 0.884. The molecule has 1 N–H and O–H groups in total. The van der Waals surface area contributed by atoms with E-state index in [0.717, 1.165) is 29.0 Å². The number of rotatable bonds is 2. The SMILES string of the molecule is COc1ccccc1C1Cc2c(Cl)cc(Cl)cc2N1. The Morgan fingerprint density at radius 3 is 2.79 bits per heavy atom. The number of hydrogen-bond donors (Lipinski definition) is 1. The van der Waals surface area contributed by atoms with Gasteiger partial charge in [-0.1, -0.05) is 41.4 Å². The molecule has 1 aliphatic heterocycles. The summed E-state index contributed by atoms with van der Waals surface area (Å²) in [6.45, 7) is 0. The Labute approximate surface area is 122 Å². The number of fused-ring (bicyclic) bond motifs is 1. The molecule has 2 nitrogen and oxygen atoms in total. The van der Waals surface area contributed by atoms with Gasteiger partial charge in [0.1, 0.15) is 5.75 Å². The number of para-hydroxylation sites is 1. The van der Waals surface area contributed by atoms with Crippen LogP contribution in [-0.4, -0.2) is 7.11 Å². The molecule has 0 amide bonds. The fourth-order valence-electron chi connectivity index (χ4n) is 2.52. The van der Waals surface area contributed by atoms with Crippen molar-refractivity contribution in [3.05, 3.63) is 57.6 Å². The van der Waals surface area contributed by atoms with E-state index in [0.29, 0.717) is 10.0 Å². The lowest BCUT2D eigenvalue weighted by atomic mass is 10.0. The fraction of sp³-hybridized carbons (Fsp3) is 0.200. The highest BCUT2D eigenvalue weighted by Crippen LogP contribution is 2.42. The van der Waals surface area contributed by atoms with Crippen molar-refractivity contribution >= 4 is 28.9 Å². The maximum atomic E-state index is 6.25. The lowest BCUT2D eigenvalue weighted by Crippen LogP contribution is -2.07. The van der Waals surface area contributed by atoms with Gasteiger partial charge in [-0.25, -0.2) is 0 Å². The molecule has 0 saturated heterocycles. The maximum absolute atomic E-state index is 6.25. The predicted molar refractivity (Wildman–Crippen MR) is 79.5 cm³/mol. The summed E-state index contributed by atoms with van der Waals surface area (Å²) in [5, 5.41) is 4.82. The topological polar surface area (TPSA) is 21.3 Å². The van der Waals surface area contributed by atoms with Gasteiger partial charge in [-0.15, -0.1) is 0 Å². The van der Waals surface area contributed by atoms with Gasteiger partial charge in [-0.05, 0) is 23.8 Å². The van der Waals surface area contributed by atoms with Gasteiger partial charge in [-0.2, -0.15) is 0 Å².